The van der Waals surface area contributed by atoms with Gasteiger partial charge in [0.05, 0.1) is 0 Å². The maximum Gasteiger partial charge on any atom is 0.336 e. The van der Waals surface area contributed by atoms with Crippen LogP contribution in [0.15, 0.2) is 51.9 Å². The van der Waals surface area contributed by atoms with Crippen molar-refractivity contribution in [3.63, 3.8) is 0 Å². The van der Waals surface area contributed by atoms with E-state index in [1.54, 1.807) is 19.3 Å². The predicted octanol–water partition coefficient (Wildman–Crippen LogP) is 3.14. The van der Waals surface area contributed by atoms with Gasteiger partial charge in [-0.1, -0.05) is 6.92 Å². The molecule has 1 amide bonds. The molecule has 1 aromatic carbocycles. The highest BCUT2D eigenvalue weighted by Gasteiger charge is 2.17. The van der Waals surface area contributed by atoms with Gasteiger partial charge >= 0.3 is 5.63 Å². The summed E-state index contributed by atoms with van der Waals surface area (Å²) in [5.74, 6) is 0.292. The van der Waals surface area contributed by atoms with Gasteiger partial charge in [-0.05, 0) is 55.7 Å². The highest BCUT2D eigenvalue weighted by Crippen LogP contribution is 2.29. The summed E-state index contributed by atoms with van der Waals surface area (Å²) in [5, 5.41) is 3.72. The van der Waals surface area contributed by atoms with Crippen LogP contribution in [-0.4, -0.2) is 17.0 Å². The van der Waals surface area contributed by atoms with E-state index in [1.807, 2.05) is 38.1 Å². The largest absolute Gasteiger partial charge is 0.480 e. The average Bonchev–Trinajstić information content (AvgIpc) is 2.68. The van der Waals surface area contributed by atoms with E-state index in [9.17, 15) is 9.59 Å². The number of carbonyl (C=O) groups is 1. The predicted molar refractivity (Wildman–Crippen MR) is 103 cm³/mol. The number of nitrogens with one attached hydrogen (secondary N) is 1. The first-order valence-corrected chi connectivity index (χ1v) is 8.89. The first kappa shape index (κ1) is 18.6. The first-order chi connectivity index (χ1) is 13.0. The molecule has 0 aliphatic rings. The number of hydrogen-bond donors (Lipinski definition) is 1. The van der Waals surface area contributed by atoms with Crippen LogP contribution >= 0.6 is 0 Å². The molecular weight excluding hydrogens is 344 g/mol. The van der Waals surface area contributed by atoms with E-state index in [2.05, 4.69) is 10.3 Å². The van der Waals surface area contributed by atoms with Crippen molar-refractivity contribution < 1.29 is 13.9 Å². The molecule has 0 aliphatic carbocycles. The number of amides is 1. The van der Waals surface area contributed by atoms with E-state index in [1.165, 1.54) is 6.07 Å². The van der Waals surface area contributed by atoms with Gasteiger partial charge in [0, 0.05) is 36.0 Å². The Kier molecular flexibility index (Phi) is 5.54. The Balaban J connectivity index is 1.76. The van der Waals surface area contributed by atoms with Crippen molar-refractivity contribution in [2.75, 3.05) is 0 Å². The van der Waals surface area contributed by atoms with Crippen LogP contribution in [0.5, 0.6) is 5.75 Å². The average molecular weight is 366 g/mol. The summed E-state index contributed by atoms with van der Waals surface area (Å²) < 4.78 is 11.2. The van der Waals surface area contributed by atoms with Crippen molar-refractivity contribution >= 4 is 16.9 Å². The van der Waals surface area contributed by atoms with Crippen LogP contribution in [-0.2, 0) is 17.8 Å². The van der Waals surface area contributed by atoms with E-state index in [0.717, 1.165) is 22.9 Å². The van der Waals surface area contributed by atoms with Gasteiger partial charge in [0.25, 0.3) is 5.91 Å². The van der Waals surface area contributed by atoms with E-state index in [4.69, 9.17) is 9.15 Å². The molecule has 3 rings (SSSR count). The second-order valence-corrected chi connectivity index (χ2v) is 6.34. The van der Waals surface area contributed by atoms with E-state index >= 15 is 0 Å². The third kappa shape index (κ3) is 4.16. The Morgan fingerprint density at radius 1 is 1.26 bits per heavy atom. The number of aromatic nitrogens is 1. The quantitative estimate of drug-likeness (QED) is 0.678. The molecule has 0 aliphatic heterocycles. The molecule has 1 atom stereocenters. The molecule has 0 unspecified atom stereocenters. The molecule has 0 saturated carbocycles. The van der Waals surface area contributed by atoms with Crippen molar-refractivity contribution in [1.29, 1.82) is 0 Å². The summed E-state index contributed by atoms with van der Waals surface area (Å²) in [5.41, 5.74) is 2.71. The lowest BCUT2D eigenvalue weighted by Gasteiger charge is -2.17. The van der Waals surface area contributed by atoms with Gasteiger partial charge in [-0.2, -0.15) is 0 Å². The van der Waals surface area contributed by atoms with Gasteiger partial charge in [-0.3, -0.25) is 9.78 Å². The molecule has 0 fully saturated rings. The number of carbonyl (C=O) groups excluding carboxylic acids is 1. The van der Waals surface area contributed by atoms with Gasteiger partial charge in [0.1, 0.15) is 11.3 Å². The van der Waals surface area contributed by atoms with Gasteiger partial charge in [0.2, 0.25) is 0 Å². The second-order valence-electron chi connectivity index (χ2n) is 6.34. The molecule has 27 heavy (non-hydrogen) atoms. The smallest absolute Gasteiger partial charge is 0.336 e. The lowest BCUT2D eigenvalue weighted by Crippen LogP contribution is -2.36. The standard InChI is InChI=1S/C21H22N2O4/c1-4-16-11-19(24)27-20-13(2)18(6-5-17(16)20)26-14(3)21(25)23-12-15-7-9-22-10-8-15/h5-11,14H,4,12H2,1-3H3,(H,23,25)/t14-/m1/s1. The van der Waals surface area contributed by atoms with Crippen LogP contribution in [0.25, 0.3) is 11.0 Å². The van der Waals surface area contributed by atoms with Crippen molar-refractivity contribution in [3.05, 3.63) is 69.8 Å². The fourth-order valence-corrected chi connectivity index (χ4v) is 2.91. The highest BCUT2D eigenvalue weighted by molar-refractivity contribution is 5.85. The Hall–Kier alpha value is -3.15. The number of pyridine rings is 1. The van der Waals surface area contributed by atoms with Crippen molar-refractivity contribution in [2.45, 2.75) is 39.8 Å². The zero-order valence-corrected chi connectivity index (χ0v) is 15.6. The summed E-state index contributed by atoms with van der Waals surface area (Å²) >= 11 is 0. The molecule has 1 N–H and O–H groups in total. The Morgan fingerprint density at radius 3 is 2.70 bits per heavy atom. The number of aryl methyl sites for hydroxylation is 2. The molecule has 2 aromatic heterocycles. The van der Waals surface area contributed by atoms with Crippen molar-refractivity contribution in [2.24, 2.45) is 0 Å². The van der Waals surface area contributed by atoms with Gasteiger partial charge < -0.3 is 14.5 Å². The molecule has 140 valence electrons. The van der Waals surface area contributed by atoms with Gasteiger partial charge in [-0.25, -0.2) is 4.79 Å². The fourth-order valence-electron chi connectivity index (χ4n) is 2.91. The second kappa shape index (κ2) is 8.03. The van der Waals surface area contributed by atoms with Crippen molar-refractivity contribution in [1.82, 2.24) is 10.3 Å². The minimum Gasteiger partial charge on any atom is -0.480 e. The number of hydrogen-bond acceptors (Lipinski definition) is 5. The number of ether oxygens (including phenoxy) is 1. The molecule has 3 aromatic rings. The molecule has 2 heterocycles. The molecule has 6 nitrogen and oxygen atoms in total. The Labute approximate surface area is 157 Å². The minimum atomic E-state index is -0.691. The molecule has 0 bridgehead atoms. The molecular formula is C21H22N2O4. The van der Waals surface area contributed by atoms with Crippen LogP contribution in [0.2, 0.25) is 0 Å². The molecule has 0 radical (unpaired) electrons. The van der Waals surface area contributed by atoms with E-state index in [-0.39, 0.29) is 11.5 Å². The minimum absolute atomic E-state index is 0.227. The molecule has 0 spiro atoms. The highest BCUT2D eigenvalue weighted by atomic mass is 16.5. The van der Waals surface area contributed by atoms with Gasteiger partial charge in [0.15, 0.2) is 6.10 Å². The van der Waals surface area contributed by atoms with Crippen molar-refractivity contribution in [3.8, 4) is 5.75 Å². The normalized spacial score (nSPS) is 12.0. The summed E-state index contributed by atoms with van der Waals surface area (Å²) in [6.07, 6.45) is 3.40. The summed E-state index contributed by atoms with van der Waals surface area (Å²) in [6, 6.07) is 8.86. The first-order valence-electron chi connectivity index (χ1n) is 8.89. The van der Waals surface area contributed by atoms with Crippen LogP contribution < -0.4 is 15.7 Å². The van der Waals surface area contributed by atoms with Crippen LogP contribution in [0.3, 0.4) is 0 Å². The lowest BCUT2D eigenvalue weighted by molar-refractivity contribution is -0.127. The lowest BCUT2D eigenvalue weighted by atomic mass is 10.0. The number of rotatable bonds is 6. The zero-order valence-electron chi connectivity index (χ0n) is 15.6. The van der Waals surface area contributed by atoms with Crippen LogP contribution in [0.4, 0.5) is 0 Å². The van der Waals surface area contributed by atoms with Crippen LogP contribution in [0.1, 0.15) is 30.5 Å². The topological polar surface area (TPSA) is 81.4 Å². The van der Waals surface area contributed by atoms with E-state index < -0.39 is 6.10 Å². The maximum atomic E-state index is 12.3. The Morgan fingerprint density at radius 2 is 2.00 bits per heavy atom. The molecule has 0 saturated heterocycles. The number of benzene rings is 1. The monoisotopic (exact) mass is 366 g/mol. The third-order valence-electron chi connectivity index (χ3n) is 4.47. The van der Waals surface area contributed by atoms with E-state index in [0.29, 0.717) is 23.4 Å². The number of nitrogens with zero attached hydrogens (tertiary/aromatic N) is 1. The SMILES string of the molecule is CCc1cc(=O)oc2c(C)c(O[C@H](C)C(=O)NCc3ccncc3)ccc12. The molecule has 6 heteroatoms. The number of fused-ring (bicyclic) bond motifs is 1. The summed E-state index contributed by atoms with van der Waals surface area (Å²) in [6.45, 7) is 5.90. The zero-order chi connectivity index (χ0) is 19.4. The van der Waals surface area contributed by atoms with Gasteiger partial charge in [-0.15, -0.1) is 0 Å². The summed E-state index contributed by atoms with van der Waals surface area (Å²) in [4.78, 5) is 28.1. The fraction of sp³-hybridized carbons (Fsp3) is 0.286. The third-order valence-corrected chi connectivity index (χ3v) is 4.47. The summed E-state index contributed by atoms with van der Waals surface area (Å²) in [7, 11) is 0. The van der Waals surface area contributed by atoms with Crippen LogP contribution in [0, 0.1) is 6.92 Å². The Bertz CT molecular complexity index is 1010. The maximum absolute atomic E-state index is 12.3.